The van der Waals surface area contributed by atoms with Crippen LogP contribution in [-0.2, 0) is 11.3 Å². The fourth-order valence-electron chi connectivity index (χ4n) is 1.79. The van der Waals surface area contributed by atoms with E-state index in [2.05, 4.69) is 25.8 Å². The molecule has 130 valence electrons. The summed E-state index contributed by atoms with van der Waals surface area (Å²) in [7, 11) is 0. The van der Waals surface area contributed by atoms with E-state index in [0.29, 0.717) is 26.9 Å². The molecule has 0 aliphatic heterocycles. The molecule has 0 saturated carbocycles. The van der Waals surface area contributed by atoms with E-state index in [0.717, 1.165) is 5.76 Å². The van der Waals surface area contributed by atoms with Gasteiger partial charge in [0.15, 0.2) is 4.34 Å². The Bertz CT molecular complexity index is 823. The van der Waals surface area contributed by atoms with Gasteiger partial charge in [0, 0.05) is 6.20 Å². The number of thioether (sulfide) groups is 1. The first kappa shape index (κ1) is 17.7. The van der Waals surface area contributed by atoms with Gasteiger partial charge in [-0.3, -0.25) is 4.79 Å². The van der Waals surface area contributed by atoms with Crippen LogP contribution in [0.25, 0.3) is 0 Å². The lowest BCUT2D eigenvalue weighted by molar-refractivity contribution is -0.115. The molecule has 0 bridgehead atoms. The lowest BCUT2D eigenvalue weighted by atomic mass is 10.4. The van der Waals surface area contributed by atoms with Crippen molar-refractivity contribution >= 4 is 51.6 Å². The van der Waals surface area contributed by atoms with Gasteiger partial charge in [0.05, 0.1) is 23.1 Å². The molecule has 2 N–H and O–H groups in total. The highest BCUT2D eigenvalue weighted by Crippen LogP contribution is 2.29. The van der Waals surface area contributed by atoms with Gasteiger partial charge in [0.2, 0.25) is 11.0 Å². The summed E-state index contributed by atoms with van der Waals surface area (Å²) in [6.07, 6.45) is 3.10. The molecule has 10 heteroatoms. The summed E-state index contributed by atoms with van der Waals surface area (Å²) in [5, 5.41) is 14.9. The van der Waals surface area contributed by atoms with Gasteiger partial charge in [-0.15, -0.1) is 10.2 Å². The van der Waals surface area contributed by atoms with Crippen molar-refractivity contribution in [2.75, 3.05) is 10.6 Å². The maximum absolute atomic E-state index is 12.2. The van der Waals surface area contributed by atoms with E-state index in [1.807, 2.05) is 12.1 Å². The Morgan fingerprint density at radius 1 is 1.40 bits per heavy atom. The van der Waals surface area contributed by atoms with Gasteiger partial charge in [-0.25, -0.2) is 4.98 Å². The Kier molecular flexibility index (Phi) is 5.90. The molecule has 0 aliphatic rings. The second kappa shape index (κ2) is 8.32. The molecule has 0 spiro atoms. The van der Waals surface area contributed by atoms with Crippen molar-refractivity contribution in [2.45, 2.75) is 23.1 Å². The van der Waals surface area contributed by atoms with Gasteiger partial charge in [0.25, 0.3) is 0 Å². The third-order valence-electron chi connectivity index (χ3n) is 3.03. The van der Waals surface area contributed by atoms with Gasteiger partial charge < -0.3 is 15.1 Å². The third-order valence-corrected chi connectivity index (χ3v) is 5.31. The zero-order valence-electron chi connectivity index (χ0n) is 13.1. The number of hydrogen-bond acceptors (Lipinski definition) is 8. The monoisotopic (exact) mass is 395 g/mol. The molecule has 0 aromatic carbocycles. The van der Waals surface area contributed by atoms with E-state index >= 15 is 0 Å². The molecule has 0 radical (unpaired) electrons. The maximum Gasteiger partial charge on any atom is 0.238 e. The highest BCUT2D eigenvalue weighted by molar-refractivity contribution is 8.02. The minimum Gasteiger partial charge on any atom is -0.467 e. The zero-order valence-corrected chi connectivity index (χ0v) is 15.5. The summed E-state index contributed by atoms with van der Waals surface area (Å²) in [5.41, 5.74) is 0. The van der Waals surface area contributed by atoms with Crippen LogP contribution in [0.5, 0.6) is 0 Å². The van der Waals surface area contributed by atoms with Crippen molar-refractivity contribution in [2.24, 2.45) is 0 Å². The second-order valence-electron chi connectivity index (χ2n) is 4.92. The number of anilines is 2. The average Bonchev–Trinajstić information content (AvgIpc) is 3.26. The van der Waals surface area contributed by atoms with E-state index in [1.54, 1.807) is 25.3 Å². The van der Waals surface area contributed by atoms with Gasteiger partial charge in [-0.2, -0.15) is 0 Å². The Hall–Kier alpha value is -2.10. The first-order chi connectivity index (χ1) is 12.1. The molecular weight excluding hydrogens is 382 g/mol. The van der Waals surface area contributed by atoms with Crippen molar-refractivity contribution in [3.05, 3.63) is 47.5 Å². The number of carbonyl (C=O) groups is 1. The predicted octanol–water partition coefficient (Wildman–Crippen LogP) is 3.91. The topological polar surface area (TPSA) is 92.9 Å². The minimum atomic E-state index is -0.344. The van der Waals surface area contributed by atoms with Crippen molar-refractivity contribution < 1.29 is 9.21 Å². The van der Waals surface area contributed by atoms with Crippen LogP contribution in [0.4, 0.5) is 10.9 Å². The van der Waals surface area contributed by atoms with Crippen molar-refractivity contribution in [1.82, 2.24) is 15.2 Å². The van der Waals surface area contributed by atoms with Crippen LogP contribution >= 0.6 is 34.7 Å². The summed E-state index contributed by atoms with van der Waals surface area (Å²) < 4.78 is 5.95. The van der Waals surface area contributed by atoms with Crippen molar-refractivity contribution in [1.29, 1.82) is 0 Å². The zero-order chi connectivity index (χ0) is 17.6. The third kappa shape index (κ3) is 5.18. The highest BCUT2D eigenvalue weighted by Gasteiger charge is 2.17. The number of hydrogen-bond donors (Lipinski definition) is 2. The Morgan fingerprint density at radius 2 is 2.28 bits per heavy atom. The van der Waals surface area contributed by atoms with Crippen LogP contribution in [0.1, 0.15) is 12.7 Å². The van der Waals surface area contributed by atoms with E-state index in [-0.39, 0.29) is 11.2 Å². The normalized spacial score (nSPS) is 11.9. The average molecular weight is 396 g/mol. The molecule has 3 aromatic heterocycles. The molecule has 1 atom stereocenters. The molecule has 25 heavy (non-hydrogen) atoms. The lowest BCUT2D eigenvalue weighted by Gasteiger charge is -2.09. The van der Waals surface area contributed by atoms with Crippen LogP contribution in [0.2, 0.25) is 5.02 Å². The van der Waals surface area contributed by atoms with E-state index < -0.39 is 0 Å². The number of carbonyl (C=O) groups excluding carboxylic acids is 1. The SMILES string of the molecule is C[C@H](Sc1nnc(NCc2ccco2)s1)C(=O)Nc1ccc(Cl)cn1. The molecule has 0 fully saturated rings. The number of nitrogens with zero attached hydrogens (tertiary/aromatic N) is 3. The predicted molar refractivity (Wildman–Crippen MR) is 99.1 cm³/mol. The molecular formula is C15H14ClN5O2S2. The molecule has 1 amide bonds. The number of halogens is 1. The van der Waals surface area contributed by atoms with Gasteiger partial charge in [0.1, 0.15) is 11.6 Å². The first-order valence-corrected chi connectivity index (χ1v) is 9.36. The van der Waals surface area contributed by atoms with Crippen LogP contribution < -0.4 is 10.6 Å². The molecule has 0 saturated heterocycles. The van der Waals surface area contributed by atoms with Crippen LogP contribution in [-0.4, -0.2) is 26.3 Å². The minimum absolute atomic E-state index is 0.167. The number of aromatic nitrogens is 3. The molecule has 0 unspecified atom stereocenters. The Morgan fingerprint density at radius 3 is 3.00 bits per heavy atom. The Balaban J connectivity index is 1.51. The summed E-state index contributed by atoms with van der Waals surface area (Å²) in [6.45, 7) is 2.33. The summed E-state index contributed by atoms with van der Waals surface area (Å²) in [6, 6.07) is 7.03. The van der Waals surface area contributed by atoms with Gasteiger partial charge >= 0.3 is 0 Å². The maximum atomic E-state index is 12.2. The van der Waals surface area contributed by atoms with Crippen molar-refractivity contribution in [3.8, 4) is 0 Å². The largest absolute Gasteiger partial charge is 0.467 e. The van der Waals surface area contributed by atoms with E-state index in [1.165, 1.54) is 29.3 Å². The van der Waals surface area contributed by atoms with Crippen LogP contribution in [0.3, 0.4) is 0 Å². The summed E-state index contributed by atoms with van der Waals surface area (Å²) in [5.74, 6) is 1.10. The van der Waals surface area contributed by atoms with Gasteiger partial charge in [-0.05, 0) is 31.2 Å². The number of amides is 1. The van der Waals surface area contributed by atoms with E-state index in [9.17, 15) is 4.79 Å². The number of pyridine rings is 1. The molecule has 3 heterocycles. The quantitative estimate of drug-likeness (QED) is 0.585. The smallest absolute Gasteiger partial charge is 0.238 e. The van der Waals surface area contributed by atoms with Crippen molar-refractivity contribution in [3.63, 3.8) is 0 Å². The van der Waals surface area contributed by atoms with Gasteiger partial charge in [-0.1, -0.05) is 34.7 Å². The van der Waals surface area contributed by atoms with E-state index in [4.69, 9.17) is 16.0 Å². The number of rotatable bonds is 7. The number of nitrogens with one attached hydrogen (secondary N) is 2. The fraction of sp³-hybridized carbons (Fsp3) is 0.200. The summed E-state index contributed by atoms with van der Waals surface area (Å²) in [4.78, 5) is 16.3. The Labute approximate surface area is 157 Å². The second-order valence-corrected chi connectivity index (χ2v) is 7.92. The summed E-state index contributed by atoms with van der Waals surface area (Å²) >= 11 is 8.49. The molecule has 0 aliphatic carbocycles. The first-order valence-electron chi connectivity index (χ1n) is 7.29. The van der Waals surface area contributed by atoms with Crippen LogP contribution in [0, 0.1) is 0 Å². The molecule has 3 aromatic rings. The molecule has 3 rings (SSSR count). The lowest BCUT2D eigenvalue weighted by Crippen LogP contribution is -2.22. The van der Waals surface area contributed by atoms with Crippen LogP contribution in [0.15, 0.2) is 45.5 Å². The highest BCUT2D eigenvalue weighted by atomic mass is 35.5. The standard InChI is InChI=1S/C15H14ClN5O2S2/c1-9(13(22)19-12-5-4-10(16)7-17-12)24-15-21-20-14(25-15)18-8-11-3-2-6-23-11/h2-7,9H,8H2,1H3,(H,18,20)(H,17,19,22)/t9-/m0/s1. The molecule has 7 nitrogen and oxygen atoms in total. The number of furan rings is 1. The fourth-order valence-corrected chi connectivity index (χ4v) is 3.79.